The maximum atomic E-state index is 12.7. The third kappa shape index (κ3) is 3.20. The Labute approximate surface area is 118 Å². The Morgan fingerprint density at radius 1 is 1.35 bits per heavy atom. The Balaban J connectivity index is 2.41. The van der Waals surface area contributed by atoms with Crippen LogP contribution in [0.2, 0.25) is 0 Å². The number of anilines is 2. The number of aliphatic hydroxyl groups excluding tert-OH is 1. The van der Waals surface area contributed by atoms with Crippen LogP contribution in [0.1, 0.15) is 0 Å². The Morgan fingerprint density at radius 3 is 2.65 bits per heavy atom. The molecule has 0 bridgehead atoms. The van der Waals surface area contributed by atoms with Gasteiger partial charge in [0.25, 0.3) is 6.43 Å². The molecule has 0 atom stereocenters. The summed E-state index contributed by atoms with van der Waals surface area (Å²) in [7, 11) is 0. The van der Waals surface area contributed by atoms with Gasteiger partial charge in [-0.05, 0) is 29.2 Å². The van der Waals surface area contributed by atoms with Gasteiger partial charge < -0.3 is 15.7 Å². The first kappa shape index (κ1) is 14.6. The molecule has 3 N–H and O–H groups in total. The first-order valence-corrected chi connectivity index (χ1v) is 6.70. The van der Waals surface area contributed by atoms with Crippen molar-refractivity contribution in [2.45, 2.75) is 6.43 Å². The Bertz CT molecular complexity index is 550. The molecule has 0 aliphatic rings. The van der Waals surface area contributed by atoms with Crippen LogP contribution in [0.4, 0.5) is 19.6 Å². The molecule has 0 fully saturated rings. The molecule has 0 aliphatic carbocycles. The molecule has 0 aromatic carbocycles. The van der Waals surface area contributed by atoms with E-state index in [1.54, 1.807) is 24.5 Å². The number of pyridine rings is 1. The molecule has 8 heteroatoms. The lowest BCUT2D eigenvalue weighted by molar-refractivity contribution is 0.153. The van der Waals surface area contributed by atoms with Crippen LogP contribution in [0.3, 0.4) is 0 Å². The molecular formula is C12H14F2N4OS. The number of aliphatic hydroxyl groups is 1. The number of nitrogens with zero attached hydrogens (tertiary/aromatic N) is 3. The summed E-state index contributed by atoms with van der Waals surface area (Å²) in [6.45, 7) is -0.593. The number of hydrogen-bond donors (Lipinski definition) is 2. The van der Waals surface area contributed by atoms with Gasteiger partial charge in [-0.15, -0.1) is 0 Å². The van der Waals surface area contributed by atoms with Gasteiger partial charge in [-0.1, -0.05) is 0 Å². The van der Waals surface area contributed by atoms with Gasteiger partial charge in [0.2, 0.25) is 0 Å². The zero-order chi connectivity index (χ0) is 14.5. The van der Waals surface area contributed by atoms with Gasteiger partial charge in [0.1, 0.15) is 10.8 Å². The fourth-order valence-corrected chi connectivity index (χ4v) is 2.73. The van der Waals surface area contributed by atoms with Crippen molar-refractivity contribution in [3.8, 4) is 11.1 Å². The van der Waals surface area contributed by atoms with Crippen molar-refractivity contribution in [3.63, 3.8) is 0 Å². The Morgan fingerprint density at radius 2 is 2.05 bits per heavy atom. The lowest BCUT2D eigenvalue weighted by Gasteiger charge is -2.22. The van der Waals surface area contributed by atoms with Crippen molar-refractivity contribution in [2.24, 2.45) is 0 Å². The molecule has 20 heavy (non-hydrogen) atoms. The van der Waals surface area contributed by atoms with Gasteiger partial charge in [0.05, 0.1) is 18.7 Å². The molecule has 0 radical (unpaired) electrons. The third-order valence-electron chi connectivity index (χ3n) is 2.68. The van der Waals surface area contributed by atoms with Crippen molar-refractivity contribution in [2.75, 3.05) is 30.3 Å². The molecule has 2 aromatic heterocycles. The van der Waals surface area contributed by atoms with E-state index in [1.165, 1.54) is 4.90 Å². The molecule has 0 aliphatic heterocycles. The van der Waals surface area contributed by atoms with E-state index >= 15 is 0 Å². The van der Waals surface area contributed by atoms with Crippen LogP contribution in [-0.4, -0.2) is 40.6 Å². The molecule has 0 saturated heterocycles. The standard InChI is InChI=1S/C12H14F2N4OS/c13-9(14)7-18(5-6-19)12-10(11(15)17-20-12)8-1-3-16-4-2-8/h1-4,9,19H,5-7H2,(H2,15,17). The first-order valence-electron chi connectivity index (χ1n) is 5.93. The maximum Gasteiger partial charge on any atom is 0.255 e. The highest BCUT2D eigenvalue weighted by Gasteiger charge is 2.21. The zero-order valence-electron chi connectivity index (χ0n) is 10.5. The van der Waals surface area contributed by atoms with Crippen LogP contribution < -0.4 is 10.6 Å². The van der Waals surface area contributed by atoms with E-state index in [-0.39, 0.29) is 19.0 Å². The van der Waals surface area contributed by atoms with E-state index in [0.29, 0.717) is 10.6 Å². The summed E-state index contributed by atoms with van der Waals surface area (Å²) in [4.78, 5) is 5.31. The molecule has 0 unspecified atom stereocenters. The SMILES string of the molecule is Nc1nsc(N(CCO)CC(F)F)c1-c1ccncc1. The average molecular weight is 300 g/mol. The van der Waals surface area contributed by atoms with E-state index in [1.807, 2.05) is 0 Å². The second-order valence-electron chi connectivity index (χ2n) is 4.04. The van der Waals surface area contributed by atoms with Crippen LogP contribution in [0.25, 0.3) is 11.1 Å². The Kier molecular flexibility index (Phi) is 4.80. The molecule has 0 spiro atoms. The second-order valence-corrected chi connectivity index (χ2v) is 4.80. The van der Waals surface area contributed by atoms with E-state index < -0.39 is 13.0 Å². The minimum atomic E-state index is -2.50. The highest BCUT2D eigenvalue weighted by molar-refractivity contribution is 7.11. The summed E-state index contributed by atoms with van der Waals surface area (Å²) in [5.41, 5.74) is 7.21. The van der Waals surface area contributed by atoms with Crippen LogP contribution in [0.15, 0.2) is 24.5 Å². The fourth-order valence-electron chi connectivity index (χ4n) is 1.86. The summed E-state index contributed by atoms with van der Waals surface area (Å²) in [5, 5.41) is 9.57. The maximum absolute atomic E-state index is 12.7. The van der Waals surface area contributed by atoms with Gasteiger partial charge in [-0.2, -0.15) is 4.37 Å². The van der Waals surface area contributed by atoms with Crippen LogP contribution in [0, 0.1) is 0 Å². The molecular weight excluding hydrogens is 286 g/mol. The van der Waals surface area contributed by atoms with E-state index in [4.69, 9.17) is 10.8 Å². The average Bonchev–Trinajstić information content (AvgIpc) is 2.80. The van der Waals surface area contributed by atoms with Crippen molar-refractivity contribution in [3.05, 3.63) is 24.5 Å². The van der Waals surface area contributed by atoms with Gasteiger partial charge in [-0.3, -0.25) is 4.98 Å². The Hall–Kier alpha value is -1.80. The predicted octanol–water partition coefficient (Wildman–Crippen LogP) is 1.85. The largest absolute Gasteiger partial charge is 0.395 e. The van der Waals surface area contributed by atoms with Crippen molar-refractivity contribution in [1.29, 1.82) is 0 Å². The normalized spacial score (nSPS) is 11.0. The lowest BCUT2D eigenvalue weighted by Crippen LogP contribution is -2.31. The van der Waals surface area contributed by atoms with E-state index in [9.17, 15) is 8.78 Å². The minimum Gasteiger partial charge on any atom is -0.395 e. The highest BCUT2D eigenvalue weighted by atomic mass is 32.1. The summed E-state index contributed by atoms with van der Waals surface area (Å²) >= 11 is 1.05. The third-order valence-corrected chi connectivity index (χ3v) is 3.61. The zero-order valence-corrected chi connectivity index (χ0v) is 11.4. The number of hydrogen-bond acceptors (Lipinski definition) is 6. The predicted molar refractivity (Wildman–Crippen MR) is 75.1 cm³/mol. The molecule has 108 valence electrons. The van der Waals surface area contributed by atoms with Crippen LogP contribution in [-0.2, 0) is 0 Å². The number of alkyl halides is 2. The number of rotatable bonds is 6. The monoisotopic (exact) mass is 300 g/mol. The molecule has 0 saturated carbocycles. The summed E-state index contributed by atoms with van der Waals surface area (Å²) in [6.07, 6.45) is 0.689. The molecule has 0 amide bonds. The summed E-state index contributed by atoms with van der Waals surface area (Å²) in [5.74, 6) is 0.286. The van der Waals surface area contributed by atoms with Crippen LogP contribution in [0.5, 0.6) is 0 Å². The van der Waals surface area contributed by atoms with Crippen LogP contribution >= 0.6 is 11.5 Å². The quantitative estimate of drug-likeness (QED) is 0.851. The van der Waals surface area contributed by atoms with Gasteiger partial charge in [0.15, 0.2) is 0 Å². The number of halogens is 2. The molecule has 2 aromatic rings. The fraction of sp³-hybridized carbons (Fsp3) is 0.333. The van der Waals surface area contributed by atoms with Crippen molar-refractivity contribution >= 4 is 22.4 Å². The summed E-state index contributed by atoms with van der Waals surface area (Å²) in [6, 6.07) is 3.48. The van der Waals surface area contributed by atoms with E-state index in [2.05, 4.69) is 9.36 Å². The minimum absolute atomic E-state index is 0.101. The molecule has 5 nitrogen and oxygen atoms in total. The summed E-state index contributed by atoms with van der Waals surface area (Å²) < 4.78 is 29.3. The van der Waals surface area contributed by atoms with Crippen molar-refractivity contribution in [1.82, 2.24) is 9.36 Å². The topological polar surface area (TPSA) is 75.3 Å². The second kappa shape index (κ2) is 6.58. The van der Waals surface area contributed by atoms with Gasteiger partial charge in [0, 0.05) is 18.9 Å². The van der Waals surface area contributed by atoms with Gasteiger partial charge in [-0.25, -0.2) is 8.78 Å². The smallest absolute Gasteiger partial charge is 0.255 e. The lowest BCUT2D eigenvalue weighted by atomic mass is 10.1. The first-order chi connectivity index (χ1) is 9.63. The van der Waals surface area contributed by atoms with Crippen molar-refractivity contribution < 1.29 is 13.9 Å². The van der Waals surface area contributed by atoms with Gasteiger partial charge >= 0.3 is 0 Å². The molecule has 2 heterocycles. The molecule has 2 rings (SSSR count). The number of nitrogen functional groups attached to an aromatic ring is 1. The highest BCUT2D eigenvalue weighted by Crippen LogP contribution is 2.39. The number of nitrogens with two attached hydrogens (primary N) is 1. The number of aromatic nitrogens is 2. The van der Waals surface area contributed by atoms with E-state index in [0.717, 1.165) is 17.1 Å².